The maximum atomic E-state index is 10.5. The Bertz CT molecular complexity index is 277. The van der Waals surface area contributed by atoms with E-state index >= 15 is 0 Å². The summed E-state index contributed by atoms with van der Waals surface area (Å²) >= 11 is 0. The Labute approximate surface area is 77.3 Å². The van der Waals surface area contributed by atoms with Crippen molar-refractivity contribution >= 4 is 0 Å². The van der Waals surface area contributed by atoms with Gasteiger partial charge < -0.3 is 4.42 Å². The summed E-state index contributed by atoms with van der Waals surface area (Å²) in [5.74, 6) is 0.0741. The fourth-order valence-electron chi connectivity index (χ4n) is 1.25. The number of hydrogen-bond donors (Lipinski definition) is 1. The summed E-state index contributed by atoms with van der Waals surface area (Å²) in [6.45, 7) is 2.19. The quantitative estimate of drug-likeness (QED) is 0.686. The first-order valence-electron chi connectivity index (χ1n) is 4.87. The van der Waals surface area contributed by atoms with E-state index in [2.05, 4.69) is 17.1 Å². The highest BCUT2D eigenvalue weighted by molar-refractivity contribution is 4.72. The minimum absolute atomic E-state index is 0.455. The zero-order valence-electron chi connectivity index (χ0n) is 8.01. The number of unbranched alkanes of at least 4 members (excludes halogenated alkanes) is 4. The van der Waals surface area contributed by atoms with Crippen LogP contribution in [0.2, 0.25) is 0 Å². The van der Waals surface area contributed by atoms with Gasteiger partial charge in [0, 0.05) is 6.42 Å². The van der Waals surface area contributed by atoms with Crippen molar-refractivity contribution in [3.8, 4) is 0 Å². The van der Waals surface area contributed by atoms with Gasteiger partial charge >= 0.3 is 5.76 Å². The lowest BCUT2D eigenvalue weighted by Crippen LogP contribution is -1.93. The van der Waals surface area contributed by atoms with Crippen molar-refractivity contribution in [2.45, 2.75) is 45.4 Å². The largest absolute Gasteiger partial charge is 0.434 e. The highest BCUT2D eigenvalue weighted by Crippen LogP contribution is 2.05. The van der Waals surface area contributed by atoms with Crippen LogP contribution < -0.4 is 5.76 Å². The summed E-state index contributed by atoms with van der Waals surface area (Å²) in [5.41, 5.74) is 0. The lowest BCUT2D eigenvalue weighted by Gasteiger charge is -1.95. The third-order valence-corrected chi connectivity index (χ3v) is 1.98. The van der Waals surface area contributed by atoms with Gasteiger partial charge in [0.1, 0.15) is 0 Å². The molecule has 0 radical (unpaired) electrons. The molecule has 0 aliphatic carbocycles. The van der Waals surface area contributed by atoms with Crippen LogP contribution in [0.3, 0.4) is 0 Å². The molecule has 1 aromatic rings. The molecule has 0 aliphatic rings. The van der Waals surface area contributed by atoms with Gasteiger partial charge in [-0.3, -0.25) is 0 Å². The molecular weight excluding hydrogens is 168 g/mol. The molecule has 0 saturated heterocycles. The normalized spacial score (nSPS) is 10.5. The van der Waals surface area contributed by atoms with Gasteiger partial charge in [-0.2, -0.15) is 0 Å². The number of H-pyrrole nitrogens is 1. The van der Waals surface area contributed by atoms with Gasteiger partial charge in [0.25, 0.3) is 0 Å². The standard InChI is InChI=1S/C9H16N2O2/c1-2-3-4-5-6-7-8-10-11-9(12)13-8/h2-7H2,1H3,(H,11,12). The smallest absolute Gasteiger partial charge is 0.393 e. The van der Waals surface area contributed by atoms with Crippen molar-refractivity contribution in [1.29, 1.82) is 0 Å². The molecule has 0 aromatic carbocycles. The lowest BCUT2D eigenvalue weighted by molar-refractivity contribution is 0.451. The Morgan fingerprint density at radius 2 is 2.08 bits per heavy atom. The zero-order chi connectivity index (χ0) is 9.52. The van der Waals surface area contributed by atoms with Crippen LogP contribution in [0, 0.1) is 0 Å². The molecule has 1 rings (SSSR count). The fraction of sp³-hybridized carbons (Fsp3) is 0.778. The Kier molecular flexibility index (Phi) is 4.29. The van der Waals surface area contributed by atoms with Crippen LogP contribution in [-0.4, -0.2) is 10.2 Å². The molecule has 74 valence electrons. The molecule has 13 heavy (non-hydrogen) atoms. The summed E-state index contributed by atoms with van der Waals surface area (Å²) in [5, 5.41) is 5.98. The maximum Gasteiger partial charge on any atom is 0.434 e. The highest BCUT2D eigenvalue weighted by atomic mass is 16.4. The number of aryl methyl sites for hydroxylation is 1. The van der Waals surface area contributed by atoms with Crippen LogP contribution in [0.1, 0.15) is 44.9 Å². The third kappa shape index (κ3) is 3.92. The van der Waals surface area contributed by atoms with Gasteiger partial charge in [0.15, 0.2) is 0 Å². The molecule has 0 saturated carbocycles. The molecule has 1 aromatic heterocycles. The van der Waals surface area contributed by atoms with E-state index in [9.17, 15) is 4.79 Å². The van der Waals surface area contributed by atoms with E-state index < -0.39 is 5.76 Å². The summed E-state index contributed by atoms with van der Waals surface area (Å²) in [4.78, 5) is 10.5. The first-order chi connectivity index (χ1) is 6.33. The monoisotopic (exact) mass is 184 g/mol. The van der Waals surface area contributed by atoms with Gasteiger partial charge in [-0.15, -0.1) is 5.10 Å². The lowest BCUT2D eigenvalue weighted by atomic mass is 10.1. The van der Waals surface area contributed by atoms with Crippen LogP contribution in [0.15, 0.2) is 9.21 Å². The number of aromatic amines is 1. The van der Waals surface area contributed by atoms with Crippen molar-refractivity contribution in [2.75, 3.05) is 0 Å². The molecule has 0 atom stereocenters. The second-order valence-electron chi connectivity index (χ2n) is 3.17. The minimum Gasteiger partial charge on any atom is -0.393 e. The number of aromatic nitrogens is 2. The zero-order valence-corrected chi connectivity index (χ0v) is 8.01. The molecule has 0 fully saturated rings. The van der Waals surface area contributed by atoms with Crippen molar-refractivity contribution in [2.24, 2.45) is 0 Å². The van der Waals surface area contributed by atoms with Crippen LogP contribution in [0.25, 0.3) is 0 Å². The Morgan fingerprint density at radius 1 is 1.31 bits per heavy atom. The first kappa shape index (κ1) is 10.0. The molecule has 0 aliphatic heterocycles. The highest BCUT2D eigenvalue weighted by Gasteiger charge is 1.99. The van der Waals surface area contributed by atoms with Gasteiger partial charge in [-0.05, 0) is 6.42 Å². The van der Waals surface area contributed by atoms with Crippen molar-refractivity contribution < 1.29 is 4.42 Å². The van der Waals surface area contributed by atoms with Crippen molar-refractivity contribution in [3.63, 3.8) is 0 Å². The van der Waals surface area contributed by atoms with Gasteiger partial charge in [0.05, 0.1) is 0 Å². The molecule has 0 spiro atoms. The fourth-order valence-corrected chi connectivity index (χ4v) is 1.25. The topological polar surface area (TPSA) is 58.9 Å². The molecular formula is C9H16N2O2. The van der Waals surface area contributed by atoms with E-state index in [0.29, 0.717) is 5.89 Å². The summed E-state index contributed by atoms with van der Waals surface area (Å²) in [6.07, 6.45) is 6.79. The second-order valence-corrected chi connectivity index (χ2v) is 3.17. The predicted molar refractivity (Wildman–Crippen MR) is 49.6 cm³/mol. The molecule has 0 unspecified atom stereocenters. The van der Waals surface area contributed by atoms with E-state index in [1.54, 1.807) is 0 Å². The third-order valence-electron chi connectivity index (χ3n) is 1.98. The van der Waals surface area contributed by atoms with E-state index in [4.69, 9.17) is 4.42 Å². The second kappa shape index (κ2) is 5.56. The number of rotatable bonds is 6. The number of nitrogens with one attached hydrogen (secondary N) is 1. The number of hydrogen-bond acceptors (Lipinski definition) is 3. The summed E-state index contributed by atoms with van der Waals surface area (Å²) in [6, 6.07) is 0. The summed E-state index contributed by atoms with van der Waals surface area (Å²) in [7, 11) is 0. The Balaban J connectivity index is 2.09. The van der Waals surface area contributed by atoms with Gasteiger partial charge in [0.2, 0.25) is 5.89 Å². The van der Waals surface area contributed by atoms with E-state index in [1.165, 1.54) is 25.7 Å². The van der Waals surface area contributed by atoms with E-state index in [1.807, 2.05) is 0 Å². The van der Waals surface area contributed by atoms with Gasteiger partial charge in [-0.1, -0.05) is 32.6 Å². The minimum atomic E-state index is -0.455. The maximum absolute atomic E-state index is 10.5. The van der Waals surface area contributed by atoms with Crippen molar-refractivity contribution in [1.82, 2.24) is 10.2 Å². The molecule has 4 heteroatoms. The van der Waals surface area contributed by atoms with Crippen LogP contribution in [0.5, 0.6) is 0 Å². The SMILES string of the molecule is CCCCCCCc1n[nH]c(=O)o1. The molecule has 1 N–H and O–H groups in total. The van der Waals surface area contributed by atoms with Crippen LogP contribution in [0.4, 0.5) is 0 Å². The molecule has 4 nitrogen and oxygen atoms in total. The van der Waals surface area contributed by atoms with E-state index in [0.717, 1.165) is 12.8 Å². The number of nitrogens with zero attached hydrogens (tertiary/aromatic N) is 1. The Morgan fingerprint density at radius 3 is 2.69 bits per heavy atom. The predicted octanol–water partition coefficient (Wildman–Crippen LogP) is 1.88. The first-order valence-corrected chi connectivity index (χ1v) is 4.87. The molecule has 0 amide bonds. The van der Waals surface area contributed by atoms with Crippen LogP contribution >= 0.6 is 0 Å². The average molecular weight is 184 g/mol. The summed E-state index contributed by atoms with van der Waals surface area (Å²) < 4.78 is 4.77. The van der Waals surface area contributed by atoms with Crippen molar-refractivity contribution in [3.05, 3.63) is 16.4 Å². The molecule has 0 bridgehead atoms. The van der Waals surface area contributed by atoms with Gasteiger partial charge in [-0.25, -0.2) is 9.89 Å². The Hall–Kier alpha value is -1.06. The average Bonchev–Trinajstić information content (AvgIpc) is 2.51. The van der Waals surface area contributed by atoms with Crippen LogP contribution in [-0.2, 0) is 6.42 Å². The molecule has 1 heterocycles. The van der Waals surface area contributed by atoms with E-state index in [-0.39, 0.29) is 0 Å².